The van der Waals surface area contributed by atoms with E-state index in [-0.39, 0.29) is 51.6 Å². The Balaban J connectivity index is -0.0000000453. The average molecular weight is 511 g/mol. The SMILES string of the molecule is COC(=O)[C@@H]1CC[C@@H]([C]=[C][Si](C)(C)C)N1.[C-]#[O+].[C-]#[O+].[C-]#[O+].[C-]#[O+].[C-]#[O+].[C-]#[O+].[Co].[Co]. The molecular formula is C17H19Co2NO8Si. The van der Waals surface area contributed by atoms with Crippen molar-refractivity contribution in [2.24, 2.45) is 0 Å². The molecule has 4 radical (unpaired) electrons. The molecule has 12 heteroatoms. The zero-order valence-electron chi connectivity index (χ0n) is 16.0. The third kappa shape index (κ3) is 42.1. The second-order valence-electron chi connectivity index (χ2n) is 4.89. The maximum Gasteiger partial charge on any atom is 0 e. The van der Waals surface area contributed by atoms with E-state index in [1.807, 2.05) is 0 Å². The van der Waals surface area contributed by atoms with Gasteiger partial charge in [-0.05, 0) is 18.9 Å². The summed E-state index contributed by atoms with van der Waals surface area (Å²) in [5.41, 5.74) is 3.32. The summed E-state index contributed by atoms with van der Waals surface area (Å²) >= 11 is 0. The number of methoxy groups -OCH3 is 1. The van der Waals surface area contributed by atoms with E-state index in [1.165, 1.54) is 7.11 Å². The Morgan fingerprint density at radius 2 is 1.21 bits per heavy atom. The molecule has 1 aliphatic heterocycles. The third-order valence-electron chi connectivity index (χ3n) is 2.25. The summed E-state index contributed by atoms with van der Waals surface area (Å²) in [4.78, 5) is 11.2. The van der Waals surface area contributed by atoms with E-state index in [4.69, 9.17) is 27.9 Å². The minimum Gasteiger partial charge on any atom is 0 e. The Kier molecular flexibility index (Phi) is 80.0. The number of rotatable bonds is 3. The van der Waals surface area contributed by atoms with Gasteiger partial charge < -0.3 is 4.74 Å². The van der Waals surface area contributed by atoms with E-state index in [2.05, 4.69) is 81.4 Å². The van der Waals surface area contributed by atoms with E-state index >= 15 is 0 Å². The summed E-state index contributed by atoms with van der Waals surface area (Å²) in [6.07, 6.45) is 5.00. The molecule has 1 aliphatic rings. The Hall–Kier alpha value is -1.16. The monoisotopic (exact) mass is 511 g/mol. The first-order valence-electron chi connectivity index (χ1n) is 6.51. The molecule has 162 valence electrons. The van der Waals surface area contributed by atoms with Crippen LogP contribution in [0.2, 0.25) is 19.6 Å². The number of hydrogen-bond donors (Lipinski definition) is 1. The number of ether oxygens (including phenoxy) is 1. The molecule has 1 N–H and O–H groups in total. The van der Waals surface area contributed by atoms with Crippen LogP contribution in [0.3, 0.4) is 0 Å². The minimum absolute atomic E-state index is 0. The molecule has 1 fully saturated rings. The number of carbonyl (C=O) groups is 1. The number of nitrogens with one attached hydrogen (secondary N) is 1. The molecule has 0 saturated carbocycles. The van der Waals surface area contributed by atoms with Crippen molar-refractivity contribution in [1.29, 1.82) is 0 Å². The van der Waals surface area contributed by atoms with Crippen LogP contribution in [0.1, 0.15) is 12.8 Å². The van der Waals surface area contributed by atoms with Gasteiger partial charge >= 0.3 is 73.8 Å². The van der Waals surface area contributed by atoms with Gasteiger partial charge in [0.05, 0.1) is 15.2 Å². The van der Waals surface area contributed by atoms with Crippen LogP contribution in [0.5, 0.6) is 0 Å². The van der Waals surface area contributed by atoms with Crippen molar-refractivity contribution in [3.05, 3.63) is 51.7 Å². The fourth-order valence-electron chi connectivity index (χ4n) is 1.49. The van der Waals surface area contributed by atoms with Crippen LogP contribution in [0.4, 0.5) is 0 Å². The summed E-state index contributed by atoms with van der Waals surface area (Å²) in [5.74, 6) is -0.174. The molecule has 1 saturated heterocycles. The average Bonchev–Trinajstić information content (AvgIpc) is 3.23. The van der Waals surface area contributed by atoms with Crippen molar-refractivity contribution < 1.29 is 71.0 Å². The van der Waals surface area contributed by atoms with Gasteiger partial charge in [-0.15, -0.1) is 0 Å². The molecule has 1 rings (SSSR count). The molecule has 0 aromatic heterocycles. The maximum atomic E-state index is 11.2. The first kappa shape index (κ1) is 51.0. The van der Waals surface area contributed by atoms with Crippen molar-refractivity contribution in [3.8, 4) is 0 Å². The summed E-state index contributed by atoms with van der Waals surface area (Å²) in [7, 11) is 0.122. The smallest absolute Gasteiger partial charge is 0 e. The zero-order valence-corrected chi connectivity index (χ0v) is 19.1. The first-order chi connectivity index (χ1) is 12.9. The van der Waals surface area contributed by atoms with Crippen molar-refractivity contribution in [3.63, 3.8) is 0 Å². The van der Waals surface area contributed by atoms with Crippen LogP contribution >= 0.6 is 0 Å². The summed E-state index contributed by atoms with van der Waals surface area (Å²) in [6, 6.07) is 0.0109. The number of carbonyl (C=O) groups excluding carboxylic acids is 1. The maximum absolute atomic E-state index is 11.2. The van der Waals surface area contributed by atoms with Gasteiger partial charge in [-0.1, -0.05) is 25.3 Å². The Morgan fingerprint density at radius 1 is 0.862 bits per heavy atom. The van der Waals surface area contributed by atoms with Crippen LogP contribution in [-0.4, -0.2) is 33.2 Å². The minimum atomic E-state index is -1.30. The zero-order chi connectivity index (χ0) is 23.5. The second-order valence-corrected chi connectivity index (χ2v) is 9.64. The summed E-state index contributed by atoms with van der Waals surface area (Å²) in [5, 5.41) is 3.19. The third-order valence-corrected chi connectivity index (χ3v) is 3.15. The van der Waals surface area contributed by atoms with Gasteiger partial charge in [-0.25, -0.2) is 0 Å². The molecular weight excluding hydrogens is 492 g/mol. The van der Waals surface area contributed by atoms with Gasteiger partial charge in [-0.3, -0.25) is 10.1 Å². The van der Waals surface area contributed by atoms with Crippen LogP contribution in [-0.2, 0) is 71.0 Å². The number of esters is 1. The standard InChI is InChI=1S/C11H19NO2Si.6CO.2Co/c1-14-11(13)10-6-5-9(12-10)7-8-15(2,3)4;6*1-2;;/h9-10,12H,5-6H2,1-4H3;;;;;;;;/t9-,10-;;;;;;;;/m0......../s1. The van der Waals surface area contributed by atoms with E-state index < -0.39 is 8.07 Å². The van der Waals surface area contributed by atoms with Crippen molar-refractivity contribution in [2.45, 2.75) is 44.6 Å². The molecule has 0 aromatic rings. The van der Waals surface area contributed by atoms with E-state index in [0.717, 1.165) is 12.8 Å². The van der Waals surface area contributed by atoms with Crippen LogP contribution in [0.15, 0.2) is 0 Å². The molecule has 0 unspecified atom stereocenters. The Labute approximate surface area is 193 Å². The van der Waals surface area contributed by atoms with Crippen molar-refractivity contribution in [2.75, 3.05) is 7.11 Å². The molecule has 0 amide bonds. The van der Waals surface area contributed by atoms with Gasteiger partial charge in [0, 0.05) is 39.6 Å². The van der Waals surface area contributed by atoms with Gasteiger partial charge in [0.15, 0.2) is 0 Å². The van der Waals surface area contributed by atoms with Crippen LogP contribution < -0.4 is 5.32 Å². The van der Waals surface area contributed by atoms with Gasteiger partial charge in [-0.2, -0.15) is 0 Å². The molecule has 29 heavy (non-hydrogen) atoms. The van der Waals surface area contributed by atoms with Crippen molar-refractivity contribution >= 4 is 14.0 Å². The molecule has 0 spiro atoms. The summed E-state index contributed by atoms with van der Waals surface area (Å²) < 4.78 is 49.7. The first-order valence-corrected chi connectivity index (χ1v) is 10.0. The predicted molar refractivity (Wildman–Crippen MR) is 85.4 cm³/mol. The van der Waals surface area contributed by atoms with E-state index in [1.54, 1.807) is 0 Å². The van der Waals surface area contributed by atoms with Gasteiger partial charge in [0.25, 0.3) is 0 Å². The van der Waals surface area contributed by atoms with Gasteiger partial charge in [0.1, 0.15) is 6.04 Å². The predicted octanol–water partition coefficient (Wildman–Crippen LogP) is 1.09. The molecule has 0 aliphatic carbocycles. The molecule has 9 nitrogen and oxygen atoms in total. The fraction of sp³-hybridized carbons (Fsp3) is 0.471. The van der Waals surface area contributed by atoms with E-state index in [0.29, 0.717) is 0 Å². The number of hydrogen-bond acceptors (Lipinski definition) is 3. The Morgan fingerprint density at radius 3 is 1.48 bits per heavy atom. The van der Waals surface area contributed by atoms with Crippen molar-refractivity contribution in [1.82, 2.24) is 5.32 Å². The summed E-state index contributed by atoms with van der Waals surface area (Å²) in [6.45, 7) is 33.6. The van der Waals surface area contributed by atoms with Crippen LogP contribution in [0.25, 0.3) is 0 Å². The molecule has 0 bridgehead atoms. The normalized spacial score (nSPS) is 14.5. The van der Waals surface area contributed by atoms with Crippen LogP contribution in [0, 0.1) is 51.7 Å². The van der Waals surface area contributed by atoms with E-state index in [9.17, 15) is 4.79 Å². The second kappa shape index (κ2) is 45.5. The largest absolute Gasteiger partial charge is 0 e. The molecule has 1 heterocycles. The molecule has 0 aromatic carbocycles. The van der Waals surface area contributed by atoms with Gasteiger partial charge in [0.2, 0.25) is 0 Å². The topological polar surface area (TPSA) is 158 Å². The fourth-order valence-corrected chi connectivity index (χ4v) is 2.10. The quantitative estimate of drug-likeness (QED) is 0.261. The molecule has 2 atom stereocenters. The Bertz CT molecular complexity index is 447.